The van der Waals surface area contributed by atoms with Gasteiger partial charge < -0.3 is 18.6 Å². The van der Waals surface area contributed by atoms with Crippen LogP contribution in [-0.4, -0.2) is 45.0 Å². The van der Waals surface area contributed by atoms with E-state index in [0.29, 0.717) is 42.0 Å². The molecule has 6 nitrogen and oxygen atoms in total. The minimum absolute atomic E-state index is 0.0538. The summed E-state index contributed by atoms with van der Waals surface area (Å²) in [5.41, 5.74) is 2.30. The van der Waals surface area contributed by atoms with Crippen molar-refractivity contribution in [2.75, 3.05) is 20.3 Å². The Morgan fingerprint density at radius 3 is 3.04 bits per heavy atom. The molecule has 0 fully saturated rings. The molecule has 1 amide bonds. The third kappa shape index (κ3) is 3.34. The van der Waals surface area contributed by atoms with Crippen LogP contribution in [0.25, 0.3) is 5.65 Å². The number of amides is 1. The molecule has 1 aliphatic rings. The number of hydrogen-bond acceptors (Lipinski definition) is 3. The molecule has 0 bridgehead atoms. The van der Waals surface area contributed by atoms with Gasteiger partial charge in [0.2, 0.25) is 0 Å². The van der Waals surface area contributed by atoms with Gasteiger partial charge in [0.25, 0.3) is 5.91 Å². The second-order valence-corrected chi connectivity index (χ2v) is 7.16. The average molecular weight is 373 g/mol. The van der Waals surface area contributed by atoms with Crippen molar-refractivity contribution < 1.29 is 9.53 Å². The van der Waals surface area contributed by atoms with E-state index < -0.39 is 0 Å². The summed E-state index contributed by atoms with van der Waals surface area (Å²) in [7, 11) is 1.71. The first-order valence-corrected chi connectivity index (χ1v) is 9.08. The first-order chi connectivity index (χ1) is 12.6. The van der Waals surface area contributed by atoms with Gasteiger partial charge in [-0.05, 0) is 36.6 Å². The lowest BCUT2D eigenvalue weighted by molar-refractivity contribution is 0.0700. The molecule has 0 saturated carbocycles. The van der Waals surface area contributed by atoms with Crippen LogP contribution in [0, 0.1) is 5.92 Å². The average Bonchev–Trinajstić information content (AvgIpc) is 3.20. The molecule has 0 radical (unpaired) electrons. The highest BCUT2D eigenvalue weighted by atomic mass is 35.5. The number of ether oxygens (including phenoxy) is 1. The van der Waals surface area contributed by atoms with Gasteiger partial charge in [0.15, 0.2) is 0 Å². The maximum Gasteiger partial charge on any atom is 0.274 e. The van der Waals surface area contributed by atoms with E-state index in [0.717, 1.165) is 18.7 Å². The molecular formula is C19H21ClN4O2. The molecule has 1 aliphatic heterocycles. The molecule has 3 aromatic rings. The van der Waals surface area contributed by atoms with Crippen LogP contribution < -0.4 is 0 Å². The Hall–Kier alpha value is -2.31. The smallest absolute Gasteiger partial charge is 0.274 e. The zero-order valence-corrected chi connectivity index (χ0v) is 15.4. The van der Waals surface area contributed by atoms with Gasteiger partial charge in [-0.25, -0.2) is 4.98 Å². The Bertz CT molecular complexity index is 933. The zero-order valence-electron chi connectivity index (χ0n) is 14.6. The van der Waals surface area contributed by atoms with Crippen LogP contribution in [0.1, 0.15) is 22.6 Å². The van der Waals surface area contributed by atoms with E-state index in [4.69, 9.17) is 16.3 Å². The fraction of sp³-hybridized carbons (Fsp3) is 0.368. The molecule has 4 rings (SSSR count). The maximum atomic E-state index is 13.1. The van der Waals surface area contributed by atoms with E-state index in [1.807, 2.05) is 17.0 Å². The van der Waals surface area contributed by atoms with Crippen molar-refractivity contribution in [2.24, 2.45) is 5.92 Å². The summed E-state index contributed by atoms with van der Waals surface area (Å²) < 4.78 is 9.27. The molecule has 0 N–H and O–H groups in total. The third-order valence-electron chi connectivity index (χ3n) is 4.86. The van der Waals surface area contributed by atoms with Crippen molar-refractivity contribution in [3.05, 3.63) is 59.3 Å². The molecule has 136 valence electrons. The van der Waals surface area contributed by atoms with Crippen LogP contribution in [0.5, 0.6) is 0 Å². The number of methoxy groups -OCH3 is 1. The SMILES string of the molecule is COCC[C@@H]1CN(C(=O)c2cn3cc(Cl)ccc3n2)Cc2cccn2C1. The molecule has 7 heteroatoms. The fourth-order valence-electron chi connectivity index (χ4n) is 3.53. The first kappa shape index (κ1) is 17.1. The number of pyridine rings is 1. The Balaban J connectivity index is 1.62. The summed E-state index contributed by atoms with van der Waals surface area (Å²) in [5.74, 6) is 0.293. The number of halogens is 1. The van der Waals surface area contributed by atoms with Crippen LogP contribution >= 0.6 is 11.6 Å². The highest BCUT2D eigenvalue weighted by Gasteiger charge is 2.26. The van der Waals surface area contributed by atoms with Crippen LogP contribution in [0.15, 0.2) is 42.9 Å². The quantitative estimate of drug-likeness (QED) is 0.707. The van der Waals surface area contributed by atoms with Crippen LogP contribution in [0.3, 0.4) is 0 Å². The number of imidazole rings is 1. The lowest BCUT2D eigenvalue weighted by Crippen LogP contribution is -2.34. The number of rotatable bonds is 4. The van der Waals surface area contributed by atoms with Crippen molar-refractivity contribution in [1.29, 1.82) is 0 Å². The van der Waals surface area contributed by atoms with Crippen LogP contribution in [0.4, 0.5) is 0 Å². The van der Waals surface area contributed by atoms with Gasteiger partial charge in [-0.3, -0.25) is 4.79 Å². The molecule has 0 saturated heterocycles. The summed E-state index contributed by atoms with van der Waals surface area (Å²) in [6.45, 7) is 2.87. The van der Waals surface area contributed by atoms with Crippen molar-refractivity contribution >= 4 is 23.2 Å². The first-order valence-electron chi connectivity index (χ1n) is 8.70. The Kier molecular flexibility index (Phi) is 4.70. The molecule has 0 aliphatic carbocycles. The number of aromatic nitrogens is 3. The molecule has 0 aromatic carbocycles. The van der Waals surface area contributed by atoms with Crippen molar-refractivity contribution in [3.63, 3.8) is 0 Å². The zero-order chi connectivity index (χ0) is 18.1. The van der Waals surface area contributed by atoms with Crippen LogP contribution in [-0.2, 0) is 17.8 Å². The second-order valence-electron chi connectivity index (χ2n) is 6.72. The fourth-order valence-corrected chi connectivity index (χ4v) is 3.70. The summed E-state index contributed by atoms with van der Waals surface area (Å²) in [4.78, 5) is 19.5. The summed E-state index contributed by atoms with van der Waals surface area (Å²) >= 11 is 6.03. The third-order valence-corrected chi connectivity index (χ3v) is 5.08. The lowest BCUT2D eigenvalue weighted by atomic mass is 10.1. The predicted molar refractivity (Wildman–Crippen MR) is 99.4 cm³/mol. The number of carbonyl (C=O) groups is 1. The Morgan fingerprint density at radius 2 is 2.19 bits per heavy atom. The summed E-state index contributed by atoms with van der Waals surface area (Å²) in [6, 6.07) is 7.69. The van der Waals surface area contributed by atoms with E-state index in [9.17, 15) is 4.79 Å². The number of carbonyl (C=O) groups excluding carboxylic acids is 1. The topological polar surface area (TPSA) is 51.8 Å². The van der Waals surface area contributed by atoms with Crippen molar-refractivity contribution in [1.82, 2.24) is 18.9 Å². The minimum atomic E-state index is -0.0538. The van der Waals surface area contributed by atoms with Crippen molar-refractivity contribution in [2.45, 2.75) is 19.5 Å². The largest absolute Gasteiger partial charge is 0.385 e. The standard InChI is InChI=1S/C19H21ClN4O2/c1-26-8-6-14-9-22-7-2-3-16(22)12-24(10-14)19(25)17-13-23-11-15(20)4-5-18(23)21-17/h2-5,7,11,13-14H,6,8-10,12H2,1H3/t14-/m0/s1. The predicted octanol–water partition coefficient (Wildman–Crippen LogP) is 3.10. The molecule has 0 unspecified atom stereocenters. The molecule has 3 aromatic heterocycles. The molecule has 0 spiro atoms. The summed E-state index contributed by atoms with van der Waals surface area (Å²) in [6.07, 6.45) is 6.50. The lowest BCUT2D eigenvalue weighted by Gasteiger charge is -2.23. The van der Waals surface area contributed by atoms with Crippen LogP contribution in [0.2, 0.25) is 5.02 Å². The molecule has 26 heavy (non-hydrogen) atoms. The molecular weight excluding hydrogens is 352 g/mol. The maximum absolute atomic E-state index is 13.1. The molecule has 1 atom stereocenters. The Labute approximate surface area is 156 Å². The van der Waals surface area contributed by atoms with E-state index >= 15 is 0 Å². The highest BCUT2D eigenvalue weighted by Crippen LogP contribution is 2.21. The van der Waals surface area contributed by atoms with Gasteiger partial charge in [-0.15, -0.1) is 0 Å². The monoisotopic (exact) mass is 372 g/mol. The van der Waals surface area contributed by atoms with Crippen molar-refractivity contribution in [3.8, 4) is 0 Å². The Morgan fingerprint density at radius 1 is 1.31 bits per heavy atom. The highest BCUT2D eigenvalue weighted by molar-refractivity contribution is 6.30. The van der Waals surface area contributed by atoms with Gasteiger partial charge in [0.05, 0.1) is 11.6 Å². The summed E-state index contributed by atoms with van der Waals surface area (Å²) in [5, 5.41) is 0.612. The number of nitrogens with zero attached hydrogens (tertiary/aromatic N) is 4. The number of fused-ring (bicyclic) bond motifs is 2. The van der Waals surface area contributed by atoms with Gasteiger partial charge in [-0.2, -0.15) is 0 Å². The number of hydrogen-bond donors (Lipinski definition) is 0. The second kappa shape index (κ2) is 7.13. The van der Waals surface area contributed by atoms with E-state index in [-0.39, 0.29) is 5.91 Å². The van der Waals surface area contributed by atoms with Gasteiger partial charge in [-0.1, -0.05) is 11.6 Å². The van der Waals surface area contributed by atoms with E-state index in [1.54, 1.807) is 30.0 Å². The van der Waals surface area contributed by atoms with E-state index in [2.05, 4.69) is 21.8 Å². The van der Waals surface area contributed by atoms with Gasteiger partial charge in [0.1, 0.15) is 11.3 Å². The minimum Gasteiger partial charge on any atom is -0.385 e. The van der Waals surface area contributed by atoms with Gasteiger partial charge >= 0.3 is 0 Å². The normalized spacial score (nSPS) is 17.3. The van der Waals surface area contributed by atoms with Gasteiger partial charge in [0, 0.05) is 51.1 Å². The van der Waals surface area contributed by atoms with E-state index in [1.165, 1.54) is 0 Å². The molecule has 4 heterocycles.